The van der Waals surface area contributed by atoms with Gasteiger partial charge >= 0.3 is 12.1 Å². The van der Waals surface area contributed by atoms with E-state index in [0.29, 0.717) is 38.3 Å². The van der Waals surface area contributed by atoms with Crippen LogP contribution in [0.5, 0.6) is 0 Å². The topological polar surface area (TPSA) is 100 Å². The first-order valence-corrected chi connectivity index (χ1v) is 13.4. The number of benzene rings is 1. The maximum atomic E-state index is 13.1. The molecule has 2 saturated carbocycles. The first-order chi connectivity index (χ1) is 17.7. The Morgan fingerprint density at radius 1 is 1.11 bits per heavy atom. The van der Waals surface area contributed by atoms with Crippen LogP contribution >= 0.6 is 0 Å². The van der Waals surface area contributed by atoms with Crippen molar-refractivity contribution in [3.63, 3.8) is 0 Å². The average molecular weight is 513 g/mol. The molecule has 3 heterocycles. The zero-order valence-corrected chi connectivity index (χ0v) is 21.7. The Morgan fingerprint density at radius 3 is 2.59 bits per heavy atom. The van der Waals surface area contributed by atoms with Crippen molar-refractivity contribution in [2.24, 2.45) is 5.92 Å². The van der Waals surface area contributed by atoms with Crippen LogP contribution in [0.4, 0.5) is 9.59 Å². The SMILES string of the molecule is CC(C)(C)OC(=O)N1C2CC(ONC(=O)[C@@H]3CC[C@H]4CN3C(=O)N4OCc3ccccc3)CC3CCC321. The van der Waals surface area contributed by atoms with E-state index in [4.69, 9.17) is 14.4 Å². The van der Waals surface area contributed by atoms with Crippen LogP contribution in [-0.2, 0) is 25.8 Å². The summed E-state index contributed by atoms with van der Waals surface area (Å²) in [6.07, 6.45) is 4.35. The van der Waals surface area contributed by atoms with Crippen LogP contribution in [0.3, 0.4) is 0 Å². The van der Waals surface area contributed by atoms with E-state index in [0.717, 1.165) is 24.8 Å². The fourth-order valence-electron chi connectivity index (χ4n) is 6.81. The first kappa shape index (κ1) is 24.5. The van der Waals surface area contributed by atoms with Crippen LogP contribution in [0.15, 0.2) is 30.3 Å². The Hall–Kier alpha value is -2.85. The average Bonchev–Trinajstić information content (AvgIpc) is 3.49. The van der Waals surface area contributed by atoms with E-state index in [2.05, 4.69) is 5.48 Å². The summed E-state index contributed by atoms with van der Waals surface area (Å²) < 4.78 is 5.63. The molecule has 1 aromatic carbocycles. The molecule has 1 spiro atoms. The molecule has 37 heavy (non-hydrogen) atoms. The first-order valence-electron chi connectivity index (χ1n) is 13.4. The second-order valence-corrected chi connectivity index (χ2v) is 12.0. The minimum Gasteiger partial charge on any atom is -0.444 e. The van der Waals surface area contributed by atoms with Crippen molar-refractivity contribution in [3.8, 4) is 0 Å². The molecular formula is C27H36N4O6. The van der Waals surface area contributed by atoms with Crippen LogP contribution in [0.1, 0.15) is 64.9 Å². The van der Waals surface area contributed by atoms with Gasteiger partial charge in [-0.25, -0.2) is 15.1 Å². The summed E-state index contributed by atoms with van der Waals surface area (Å²) in [7, 11) is 0. The molecule has 6 rings (SSSR count). The van der Waals surface area contributed by atoms with E-state index in [9.17, 15) is 14.4 Å². The van der Waals surface area contributed by atoms with Crippen LogP contribution in [0.2, 0.25) is 0 Å². The summed E-state index contributed by atoms with van der Waals surface area (Å²) in [6, 6.07) is 8.89. The number of hydrogen-bond donors (Lipinski definition) is 1. The van der Waals surface area contributed by atoms with Gasteiger partial charge in [0.15, 0.2) is 0 Å². The monoisotopic (exact) mass is 512 g/mol. The maximum absolute atomic E-state index is 13.1. The molecule has 5 aliphatic rings. The number of piperidine rings is 1. The second kappa shape index (κ2) is 8.87. The Kier molecular flexibility index (Phi) is 5.87. The molecule has 2 bridgehead atoms. The molecule has 0 radical (unpaired) electrons. The Balaban J connectivity index is 1.01. The number of ether oxygens (including phenoxy) is 1. The predicted molar refractivity (Wildman–Crippen MR) is 132 cm³/mol. The number of nitrogens with zero attached hydrogens (tertiary/aromatic N) is 3. The summed E-state index contributed by atoms with van der Waals surface area (Å²) in [5.74, 6) is 0.0635. The fraction of sp³-hybridized carbons (Fsp3) is 0.667. The van der Waals surface area contributed by atoms with E-state index in [1.807, 2.05) is 56.0 Å². The van der Waals surface area contributed by atoms with Crippen LogP contribution < -0.4 is 5.48 Å². The lowest BCUT2D eigenvalue weighted by molar-refractivity contribution is -0.147. The number of carbonyl (C=O) groups is 3. The van der Waals surface area contributed by atoms with E-state index < -0.39 is 11.6 Å². The van der Waals surface area contributed by atoms with Gasteiger partial charge in [-0.2, -0.15) is 5.06 Å². The second-order valence-electron chi connectivity index (χ2n) is 12.0. The van der Waals surface area contributed by atoms with Gasteiger partial charge in [0.2, 0.25) is 0 Å². The Morgan fingerprint density at radius 2 is 1.89 bits per heavy atom. The molecule has 6 atom stereocenters. The number of hydroxylamine groups is 3. The van der Waals surface area contributed by atoms with Gasteiger partial charge in [0.1, 0.15) is 18.2 Å². The highest BCUT2D eigenvalue weighted by atomic mass is 16.7. The van der Waals surface area contributed by atoms with Crippen molar-refractivity contribution >= 4 is 18.0 Å². The van der Waals surface area contributed by atoms with Gasteiger partial charge < -0.3 is 9.64 Å². The van der Waals surface area contributed by atoms with Gasteiger partial charge in [0.25, 0.3) is 5.91 Å². The molecular weight excluding hydrogens is 476 g/mol. The van der Waals surface area contributed by atoms with E-state index in [1.165, 1.54) is 5.06 Å². The number of urea groups is 1. The highest BCUT2D eigenvalue weighted by molar-refractivity contribution is 5.88. The lowest BCUT2D eigenvalue weighted by Gasteiger charge is -2.42. The fourth-order valence-corrected chi connectivity index (χ4v) is 6.81. The molecule has 5 fully saturated rings. The summed E-state index contributed by atoms with van der Waals surface area (Å²) >= 11 is 0. The number of amides is 4. The smallest absolute Gasteiger partial charge is 0.411 e. The van der Waals surface area contributed by atoms with Gasteiger partial charge in [0.05, 0.1) is 23.7 Å². The standard InChI is InChI=1S/C27H36N4O6/c1-26(2,3)36-25(34)30-22-14-20(13-18-11-12-27(18,22)30)37-28-23(32)21-10-9-19-15-29(21)24(33)31(19)35-16-17-7-5-4-6-8-17/h4-8,18-22H,9-16H2,1-3H3,(H,28,32)/t18?,19-,20?,21-,22?,27?,30?/m0/s1. The highest BCUT2D eigenvalue weighted by Crippen LogP contribution is 2.65. The van der Waals surface area contributed by atoms with Crippen LogP contribution in [0, 0.1) is 5.92 Å². The molecule has 4 amide bonds. The molecule has 4 unspecified atom stereocenters. The van der Waals surface area contributed by atoms with E-state index >= 15 is 0 Å². The molecule has 10 nitrogen and oxygen atoms in total. The van der Waals surface area contributed by atoms with Gasteiger partial charge in [-0.1, -0.05) is 30.3 Å². The normalized spacial score (nSPS) is 33.9. The summed E-state index contributed by atoms with van der Waals surface area (Å²) in [4.78, 5) is 54.0. The summed E-state index contributed by atoms with van der Waals surface area (Å²) in [5, 5.41) is 1.43. The molecule has 3 saturated heterocycles. The lowest BCUT2D eigenvalue weighted by atomic mass is 9.64. The third-order valence-corrected chi connectivity index (χ3v) is 8.66. The largest absolute Gasteiger partial charge is 0.444 e. The van der Waals surface area contributed by atoms with Crippen molar-refractivity contribution in [1.29, 1.82) is 0 Å². The van der Waals surface area contributed by atoms with E-state index in [1.54, 1.807) is 4.90 Å². The van der Waals surface area contributed by atoms with Crippen molar-refractivity contribution in [1.82, 2.24) is 20.3 Å². The van der Waals surface area contributed by atoms with Crippen LogP contribution in [0.25, 0.3) is 0 Å². The molecule has 2 aliphatic carbocycles. The number of fused-ring (bicyclic) bond motifs is 2. The number of likely N-dealkylation sites (tertiary alicyclic amines) is 1. The third-order valence-electron chi connectivity index (χ3n) is 8.66. The van der Waals surface area contributed by atoms with Crippen molar-refractivity contribution in [2.45, 2.75) is 101 Å². The predicted octanol–water partition coefficient (Wildman–Crippen LogP) is 3.37. The maximum Gasteiger partial charge on any atom is 0.411 e. The number of carbonyl (C=O) groups excluding carboxylic acids is 3. The van der Waals surface area contributed by atoms with Crippen molar-refractivity contribution in [2.75, 3.05) is 6.54 Å². The van der Waals surface area contributed by atoms with Gasteiger partial charge in [-0.15, -0.1) is 0 Å². The van der Waals surface area contributed by atoms with Crippen molar-refractivity contribution in [3.05, 3.63) is 35.9 Å². The Bertz CT molecular complexity index is 1080. The lowest BCUT2D eigenvalue weighted by Crippen LogP contribution is -2.51. The molecule has 1 aromatic rings. The molecule has 200 valence electrons. The molecule has 3 aliphatic heterocycles. The van der Waals surface area contributed by atoms with Crippen LogP contribution in [-0.4, -0.2) is 74.8 Å². The van der Waals surface area contributed by atoms with Crippen molar-refractivity contribution < 1.29 is 28.8 Å². The molecule has 0 aromatic heterocycles. The molecule has 1 N–H and O–H groups in total. The van der Waals surface area contributed by atoms with Gasteiger partial charge in [-0.3, -0.25) is 19.4 Å². The highest BCUT2D eigenvalue weighted by Gasteiger charge is 2.75. The number of rotatable bonds is 6. The minimum atomic E-state index is -0.584. The number of hydrogen-bond acceptors (Lipinski definition) is 6. The van der Waals surface area contributed by atoms with E-state index in [-0.39, 0.29) is 41.8 Å². The number of nitrogens with one attached hydrogen (secondary N) is 1. The zero-order valence-electron chi connectivity index (χ0n) is 21.7. The summed E-state index contributed by atoms with van der Waals surface area (Å²) in [5.41, 5.74) is 3.03. The quantitative estimate of drug-likeness (QED) is 0.463. The van der Waals surface area contributed by atoms with Gasteiger partial charge in [-0.05, 0) is 70.8 Å². The minimum absolute atomic E-state index is 0.0556. The summed E-state index contributed by atoms with van der Waals surface area (Å²) in [6.45, 7) is 6.41. The molecule has 10 heteroatoms. The third kappa shape index (κ3) is 4.24. The van der Waals surface area contributed by atoms with Gasteiger partial charge in [0, 0.05) is 6.54 Å². The Labute approximate surface area is 217 Å². The zero-order chi connectivity index (χ0) is 25.9.